The average molecular weight is 371 g/mol. The molecule has 3 N–H and O–H groups in total. The Morgan fingerprint density at radius 3 is 3.00 bits per heavy atom. The van der Waals surface area contributed by atoms with Crippen LogP contribution < -0.4 is 10.6 Å². The number of carboxylic acid groups (broad SMARTS) is 1. The number of amides is 1. The zero-order chi connectivity index (χ0) is 16.1. The van der Waals surface area contributed by atoms with Gasteiger partial charge < -0.3 is 20.6 Å². The van der Waals surface area contributed by atoms with Gasteiger partial charge in [0.1, 0.15) is 10.7 Å². The first-order valence-corrected chi connectivity index (χ1v) is 9.35. The monoisotopic (exact) mass is 370 g/mol. The topological polar surface area (TPSA) is 82.7 Å². The smallest absolute Gasteiger partial charge is 0.407 e. The van der Waals surface area contributed by atoms with Crippen LogP contribution in [0.5, 0.6) is 0 Å². The highest BCUT2D eigenvalue weighted by Gasteiger charge is 2.44. The number of nitrogen functional groups attached to an aromatic ring is 1. The molecule has 122 valence electrons. The molecule has 0 unspecified atom stereocenters. The number of hydrogen-bond donors (Lipinski definition) is 2. The minimum Gasteiger partial charge on any atom is -0.465 e. The van der Waals surface area contributed by atoms with Gasteiger partial charge in [0.15, 0.2) is 5.13 Å². The molecule has 9 heteroatoms. The Labute approximate surface area is 146 Å². The normalized spacial score (nSPS) is 23.5. The molecule has 6 nitrogen and oxygen atoms in total. The van der Waals surface area contributed by atoms with E-state index in [4.69, 9.17) is 17.3 Å². The van der Waals surface area contributed by atoms with Gasteiger partial charge in [-0.3, -0.25) is 0 Å². The van der Waals surface area contributed by atoms with Crippen molar-refractivity contribution < 1.29 is 9.90 Å². The molecule has 2 aromatic rings. The largest absolute Gasteiger partial charge is 0.465 e. The van der Waals surface area contributed by atoms with E-state index in [-0.39, 0.29) is 6.04 Å². The van der Waals surface area contributed by atoms with Crippen LogP contribution in [0.25, 0.3) is 10.6 Å². The van der Waals surface area contributed by atoms with Crippen LogP contribution in [-0.2, 0) is 0 Å². The first-order chi connectivity index (χ1) is 11.0. The summed E-state index contributed by atoms with van der Waals surface area (Å²) in [5.74, 6) is 0.384. The van der Waals surface area contributed by atoms with Crippen molar-refractivity contribution in [3.8, 4) is 10.6 Å². The summed E-state index contributed by atoms with van der Waals surface area (Å²) in [6.45, 7) is 2.18. The van der Waals surface area contributed by atoms with Crippen molar-refractivity contribution in [1.82, 2.24) is 9.88 Å². The molecule has 2 aliphatic rings. The zero-order valence-corrected chi connectivity index (χ0v) is 14.5. The van der Waals surface area contributed by atoms with Crippen LogP contribution in [0.3, 0.4) is 0 Å². The van der Waals surface area contributed by atoms with E-state index < -0.39 is 6.09 Å². The Morgan fingerprint density at radius 1 is 1.48 bits per heavy atom. The fourth-order valence-electron chi connectivity index (χ4n) is 3.51. The maximum atomic E-state index is 11.3. The number of fused-ring (bicyclic) bond motifs is 1. The van der Waals surface area contributed by atoms with Crippen LogP contribution in [0.15, 0.2) is 11.4 Å². The molecule has 0 saturated carbocycles. The Balaban J connectivity index is 1.64. The molecular weight excluding hydrogens is 356 g/mol. The van der Waals surface area contributed by atoms with Crippen molar-refractivity contribution in [2.45, 2.75) is 12.5 Å². The van der Waals surface area contributed by atoms with Gasteiger partial charge in [-0.15, -0.1) is 11.3 Å². The number of nitrogens with two attached hydrogens (primary N) is 1. The third kappa shape index (κ3) is 2.54. The minimum absolute atomic E-state index is 0.0654. The number of halogens is 1. The predicted octanol–water partition coefficient (Wildman–Crippen LogP) is 3.30. The third-order valence-corrected chi connectivity index (χ3v) is 6.74. The van der Waals surface area contributed by atoms with Crippen molar-refractivity contribution in [2.24, 2.45) is 5.92 Å². The van der Waals surface area contributed by atoms with Gasteiger partial charge in [0.2, 0.25) is 0 Å². The molecule has 1 amide bonds. The van der Waals surface area contributed by atoms with Crippen LogP contribution in [0.2, 0.25) is 5.02 Å². The minimum atomic E-state index is -0.826. The zero-order valence-electron chi connectivity index (χ0n) is 12.1. The number of hydrogen-bond acceptors (Lipinski definition) is 6. The second kappa shape index (κ2) is 5.54. The van der Waals surface area contributed by atoms with Gasteiger partial charge in [-0.2, -0.15) is 0 Å². The number of carbonyl (C=O) groups is 1. The highest BCUT2D eigenvalue weighted by molar-refractivity contribution is 7.20. The van der Waals surface area contributed by atoms with Crippen molar-refractivity contribution in [3.63, 3.8) is 0 Å². The summed E-state index contributed by atoms with van der Waals surface area (Å²) >= 11 is 9.03. The molecule has 2 fully saturated rings. The van der Waals surface area contributed by atoms with Crippen LogP contribution >= 0.6 is 34.3 Å². The summed E-state index contributed by atoms with van der Waals surface area (Å²) in [4.78, 5) is 20.6. The van der Waals surface area contributed by atoms with Crippen LogP contribution in [0.4, 0.5) is 14.9 Å². The summed E-state index contributed by atoms with van der Waals surface area (Å²) in [6, 6.07) is 1.96. The Morgan fingerprint density at radius 2 is 2.30 bits per heavy atom. The van der Waals surface area contributed by atoms with Gasteiger partial charge >= 0.3 is 6.09 Å². The number of aromatic nitrogens is 1. The standard InChI is InChI=1S/C14H15ClN4O2S2/c15-8-3-10(22-6-8)11-12(23-13(16)17-11)18-4-7-1-2-19(14(20)21)9(7)5-18/h3,6-7,9H,1-2,4-5H2,(H2,16,17)(H,20,21)/t7-,9+/m1/s1. The quantitative estimate of drug-likeness (QED) is 0.847. The average Bonchev–Trinajstić information content (AvgIpc) is 3.19. The molecule has 0 aromatic carbocycles. The molecule has 2 aromatic heterocycles. The summed E-state index contributed by atoms with van der Waals surface area (Å²) in [5.41, 5.74) is 6.78. The van der Waals surface area contributed by atoms with E-state index in [0.717, 1.165) is 28.5 Å². The van der Waals surface area contributed by atoms with Crippen molar-refractivity contribution in [3.05, 3.63) is 16.5 Å². The lowest BCUT2D eigenvalue weighted by molar-refractivity contribution is 0.140. The highest BCUT2D eigenvalue weighted by Crippen LogP contribution is 2.44. The first-order valence-electron chi connectivity index (χ1n) is 7.28. The summed E-state index contributed by atoms with van der Waals surface area (Å²) < 4.78 is 0. The van der Waals surface area contributed by atoms with Crippen LogP contribution in [-0.4, -0.2) is 46.8 Å². The molecule has 23 heavy (non-hydrogen) atoms. The summed E-state index contributed by atoms with van der Waals surface area (Å²) in [7, 11) is 0. The number of anilines is 2. The van der Waals surface area contributed by atoms with Gasteiger partial charge in [-0.05, 0) is 12.5 Å². The fraction of sp³-hybridized carbons (Fsp3) is 0.429. The Hall–Kier alpha value is -1.51. The third-order valence-electron chi connectivity index (χ3n) is 4.51. The molecule has 0 spiro atoms. The fourth-order valence-corrected chi connectivity index (χ4v) is 5.50. The van der Waals surface area contributed by atoms with Gasteiger partial charge in [0, 0.05) is 30.9 Å². The lowest BCUT2D eigenvalue weighted by Gasteiger charge is -2.22. The lowest BCUT2D eigenvalue weighted by Crippen LogP contribution is -2.38. The van der Waals surface area contributed by atoms with Crippen molar-refractivity contribution in [2.75, 3.05) is 30.3 Å². The second-order valence-corrected chi connectivity index (χ2v) is 8.19. The van der Waals surface area contributed by atoms with Crippen molar-refractivity contribution in [1.29, 1.82) is 0 Å². The Bertz CT molecular complexity index is 762. The number of likely N-dealkylation sites (tertiary alicyclic amines) is 1. The number of rotatable bonds is 2. The van der Waals surface area contributed by atoms with E-state index in [1.54, 1.807) is 16.2 Å². The Kier molecular flexibility index (Phi) is 3.62. The molecule has 2 aliphatic heterocycles. The van der Waals surface area contributed by atoms with E-state index in [1.807, 2.05) is 11.4 Å². The molecule has 4 rings (SSSR count). The van der Waals surface area contributed by atoms with Gasteiger partial charge in [0.25, 0.3) is 0 Å². The highest BCUT2D eigenvalue weighted by atomic mass is 35.5. The molecular formula is C14H15ClN4O2S2. The lowest BCUT2D eigenvalue weighted by atomic mass is 10.1. The maximum absolute atomic E-state index is 11.3. The van der Waals surface area contributed by atoms with Gasteiger partial charge in [-0.1, -0.05) is 22.9 Å². The van der Waals surface area contributed by atoms with E-state index in [2.05, 4.69) is 9.88 Å². The molecule has 2 atom stereocenters. The second-order valence-electron chi connectivity index (χ2n) is 5.83. The molecule has 4 heterocycles. The number of thiophene rings is 1. The van der Waals surface area contributed by atoms with E-state index >= 15 is 0 Å². The van der Waals surface area contributed by atoms with Gasteiger partial charge in [-0.25, -0.2) is 9.78 Å². The SMILES string of the molecule is Nc1nc(-c2cc(Cl)cs2)c(N2C[C@H]3CCN(C(=O)O)[C@H]3C2)s1. The van der Waals surface area contributed by atoms with Gasteiger partial charge in [0.05, 0.1) is 15.9 Å². The summed E-state index contributed by atoms with van der Waals surface area (Å²) in [6.07, 6.45) is 0.0930. The van der Waals surface area contributed by atoms with E-state index in [9.17, 15) is 9.90 Å². The number of thiazole rings is 1. The summed E-state index contributed by atoms with van der Waals surface area (Å²) in [5, 5.41) is 13.4. The van der Waals surface area contributed by atoms with E-state index in [1.165, 1.54) is 11.3 Å². The predicted molar refractivity (Wildman–Crippen MR) is 93.7 cm³/mol. The van der Waals surface area contributed by atoms with Crippen molar-refractivity contribution >= 4 is 50.5 Å². The molecule has 0 radical (unpaired) electrons. The van der Waals surface area contributed by atoms with E-state index in [0.29, 0.717) is 29.2 Å². The molecule has 0 aliphatic carbocycles. The number of nitrogens with zero attached hydrogens (tertiary/aromatic N) is 3. The molecule has 2 saturated heterocycles. The van der Waals surface area contributed by atoms with Crippen LogP contribution in [0, 0.1) is 5.92 Å². The molecule has 0 bridgehead atoms. The first kappa shape index (κ1) is 15.0. The maximum Gasteiger partial charge on any atom is 0.407 e. The van der Waals surface area contributed by atoms with Crippen LogP contribution in [0.1, 0.15) is 6.42 Å².